The van der Waals surface area contributed by atoms with Crippen molar-refractivity contribution in [1.82, 2.24) is 20.4 Å². The molecule has 0 amide bonds. The first-order valence-electron chi connectivity index (χ1n) is 8.11. The molecule has 1 heterocycles. The summed E-state index contributed by atoms with van der Waals surface area (Å²) in [5, 5.41) is 7.62. The van der Waals surface area contributed by atoms with Crippen LogP contribution in [-0.2, 0) is 0 Å². The Morgan fingerprint density at radius 1 is 1.39 bits per heavy atom. The van der Waals surface area contributed by atoms with Crippen molar-refractivity contribution in [2.24, 2.45) is 4.99 Å². The number of hydrogen-bond acceptors (Lipinski definition) is 3. The van der Waals surface area contributed by atoms with Gasteiger partial charge in [-0.25, -0.2) is 0 Å². The highest BCUT2D eigenvalue weighted by Crippen LogP contribution is 2.17. The topological polar surface area (TPSA) is 42.9 Å². The summed E-state index contributed by atoms with van der Waals surface area (Å²) in [6.45, 7) is 6.30. The molecule has 0 aromatic heterocycles. The van der Waals surface area contributed by atoms with Crippen LogP contribution in [0.2, 0.25) is 5.02 Å². The molecule has 0 bridgehead atoms. The smallest absolute Gasteiger partial charge is 0.191 e. The van der Waals surface area contributed by atoms with Gasteiger partial charge in [-0.15, -0.1) is 0 Å². The van der Waals surface area contributed by atoms with Gasteiger partial charge in [0.05, 0.1) is 6.04 Å². The average molecular weight is 338 g/mol. The lowest BCUT2D eigenvalue weighted by atomic mass is 10.1. The lowest BCUT2D eigenvalue weighted by Crippen LogP contribution is -2.55. The van der Waals surface area contributed by atoms with Crippen LogP contribution in [0.3, 0.4) is 0 Å². The predicted octanol–water partition coefficient (Wildman–Crippen LogP) is 1.81. The van der Waals surface area contributed by atoms with Crippen LogP contribution in [0.25, 0.3) is 0 Å². The summed E-state index contributed by atoms with van der Waals surface area (Å²) in [6, 6.07) is 8.55. The highest BCUT2D eigenvalue weighted by molar-refractivity contribution is 6.30. The van der Waals surface area contributed by atoms with Gasteiger partial charge in [-0.2, -0.15) is 0 Å². The highest BCUT2D eigenvalue weighted by Gasteiger charge is 2.22. The number of nitrogens with one attached hydrogen (secondary N) is 2. The summed E-state index contributed by atoms with van der Waals surface area (Å²) < 4.78 is 0. The molecule has 2 N–H and O–H groups in total. The van der Waals surface area contributed by atoms with Crippen LogP contribution in [-0.4, -0.2) is 69.1 Å². The molecule has 0 aliphatic carbocycles. The molecule has 2 unspecified atom stereocenters. The molecule has 5 nitrogen and oxygen atoms in total. The highest BCUT2D eigenvalue weighted by atomic mass is 35.5. The number of hydrogen-bond donors (Lipinski definition) is 2. The van der Waals surface area contributed by atoms with Crippen molar-refractivity contribution in [3.05, 3.63) is 34.9 Å². The van der Waals surface area contributed by atoms with Gasteiger partial charge < -0.3 is 15.5 Å². The Morgan fingerprint density at radius 3 is 2.87 bits per heavy atom. The zero-order valence-corrected chi connectivity index (χ0v) is 15.3. The quantitative estimate of drug-likeness (QED) is 0.649. The summed E-state index contributed by atoms with van der Waals surface area (Å²) in [6.07, 6.45) is 0. The van der Waals surface area contributed by atoms with E-state index in [4.69, 9.17) is 11.6 Å². The molecule has 0 saturated carbocycles. The Morgan fingerprint density at radius 2 is 2.17 bits per heavy atom. The van der Waals surface area contributed by atoms with Gasteiger partial charge in [0.1, 0.15) is 0 Å². The average Bonchev–Trinajstić information content (AvgIpc) is 2.54. The number of aliphatic imine (C=N–C) groups is 1. The fraction of sp³-hybridized carbons (Fsp3) is 0.588. The standard InChI is InChI=1S/C17H28ClN5/c1-13(14-6-5-7-15(18)10-14)21-17(19-2)20-11-16-12-22(3)8-9-23(16)4/h5-7,10,13,16H,8-9,11-12H2,1-4H3,(H2,19,20,21). The zero-order valence-electron chi connectivity index (χ0n) is 14.5. The Hall–Kier alpha value is -1.30. The molecular formula is C17H28ClN5. The minimum Gasteiger partial charge on any atom is -0.355 e. The molecule has 6 heteroatoms. The maximum atomic E-state index is 6.07. The van der Waals surface area contributed by atoms with E-state index in [1.165, 1.54) is 0 Å². The fourth-order valence-electron chi connectivity index (χ4n) is 2.80. The first-order valence-corrected chi connectivity index (χ1v) is 8.49. The summed E-state index contributed by atoms with van der Waals surface area (Å²) in [5.74, 6) is 0.819. The Bertz CT molecular complexity index is 533. The third-order valence-electron chi connectivity index (χ3n) is 4.41. The van der Waals surface area contributed by atoms with E-state index in [1.807, 2.05) is 18.2 Å². The van der Waals surface area contributed by atoms with Crippen LogP contribution < -0.4 is 10.6 Å². The molecule has 1 aliphatic heterocycles. The molecule has 1 aromatic rings. The number of nitrogens with zero attached hydrogens (tertiary/aromatic N) is 3. The fourth-order valence-corrected chi connectivity index (χ4v) is 2.99. The SMILES string of the molecule is CN=C(NCC1CN(C)CCN1C)NC(C)c1cccc(Cl)c1. The van der Waals surface area contributed by atoms with Crippen LogP contribution >= 0.6 is 11.6 Å². The summed E-state index contributed by atoms with van der Waals surface area (Å²) >= 11 is 6.07. The van der Waals surface area contributed by atoms with E-state index >= 15 is 0 Å². The second-order valence-corrected chi connectivity index (χ2v) is 6.71. The van der Waals surface area contributed by atoms with Crippen molar-refractivity contribution in [1.29, 1.82) is 0 Å². The lowest BCUT2D eigenvalue weighted by molar-refractivity contribution is 0.116. The number of rotatable bonds is 4. The zero-order chi connectivity index (χ0) is 16.8. The minimum atomic E-state index is 0.145. The summed E-state index contributed by atoms with van der Waals surface area (Å²) in [4.78, 5) is 9.11. The number of piperazine rings is 1. The predicted molar refractivity (Wildman–Crippen MR) is 98.3 cm³/mol. The molecule has 0 radical (unpaired) electrons. The third-order valence-corrected chi connectivity index (χ3v) is 4.65. The maximum absolute atomic E-state index is 6.07. The van der Waals surface area contributed by atoms with E-state index in [2.05, 4.69) is 52.5 Å². The second kappa shape index (κ2) is 8.52. The van der Waals surface area contributed by atoms with Crippen LogP contribution in [0.15, 0.2) is 29.3 Å². The van der Waals surface area contributed by atoms with E-state index < -0.39 is 0 Å². The van der Waals surface area contributed by atoms with E-state index in [9.17, 15) is 0 Å². The molecular weight excluding hydrogens is 310 g/mol. The minimum absolute atomic E-state index is 0.145. The first kappa shape index (κ1) is 18.0. The van der Waals surface area contributed by atoms with Crippen molar-refractivity contribution in [3.63, 3.8) is 0 Å². The van der Waals surface area contributed by atoms with Gasteiger partial charge in [0, 0.05) is 44.3 Å². The molecule has 1 aliphatic rings. The van der Waals surface area contributed by atoms with E-state index in [0.717, 1.165) is 42.7 Å². The first-order chi connectivity index (χ1) is 11.0. The molecule has 1 aromatic carbocycles. The van der Waals surface area contributed by atoms with Gasteiger partial charge in [0.15, 0.2) is 5.96 Å². The normalized spacial score (nSPS) is 22.0. The van der Waals surface area contributed by atoms with Gasteiger partial charge >= 0.3 is 0 Å². The third kappa shape index (κ3) is 5.37. The van der Waals surface area contributed by atoms with Gasteiger partial charge in [0.25, 0.3) is 0 Å². The largest absolute Gasteiger partial charge is 0.355 e. The molecule has 1 fully saturated rings. The summed E-state index contributed by atoms with van der Waals surface area (Å²) in [7, 11) is 6.16. The van der Waals surface area contributed by atoms with Crippen molar-refractivity contribution in [2.75, 3.05) is 47.3 Å². The number of benzene rings is 1. The molecule has 23 heavy (non-hydrogen) atoms. The van der Waals surface area contributed by atoms with Crippen LogP contribution in [0, 0.1) is 0 Å². The van der Waals surface area contributed by atoms with Crippen LogP contribution in [0.5, 0.6) is 0 Å². The van der Waals surface area contributed by atoms with Crippen LogP contribution in [0.4, 0.5) is 0 Å². The molecule has 0 spiro atoms. The number of guanidine groups is 1. The Labute approximate surface area is 144 Å². The van der Waals surface area contributed by atoms with Gasteiger partial charge in [-0.1, -0.05) is 23.7 Å². The monoisotopic (exact) mass is 337 g/mol. The molecule has 128 valence electrons. The molecule has 2 rings (SSSR count). The van der Waals surface area contributed by atoms with Crippen LogP contribution in [0.1, 0.15) is 18.5 Å². The maximum Gasteiger partial charge on any atom is 0.191 e. The van der Waals surface area contributed by atoms with Crippen molar-refractivity contribution < 1.29 is 0 Å². The summed E-state index contributed by atoms with van der Waals surface area (Å²) in [5.41, 5.74) is 1.15. The van der Waals surface area contributed by atoms with E-state index in [1.54, 1.807) is 7.05 Å². The van der Waals surface area contributed by atoms with Crippen molar-refractivity contribution in [3.8, 4) is 0 Å². The van der Waals surface area contributed by atoms with E-state index in [-0.39, 0.29) is 6.04 Å². The Kier molecular flexibility index (Phi) is 6.69. The van der Waals surface area contributed by atoms with Gasteiger partial charge in [-0.3, -0.25) is 9.89 Å². The second-order valence-electron chi connectivity index (χ2n) is 6.27. The molecule has 1 saturated heterocycles. The van der Waals surface area contributed by atoms with Gasteiger partial charge in [-0.05, 0) is 38.7 Å². The number of likely N-dealkylation sites (N-methyl/N-ethyl adjacent to an activating group) is 2. The Balaban J connectivity index is 1.88. The number of halogens is 1. The van der Waals surface area contributed by atoms with E-state index in [0.29, 0.717) is 6.04 Å². The van der Waals surface area contributed by atoms with Crippen molar-refractivity contribution >= 4 is 17.6 Å². The molecule has 2 atom stereocenters. The lowest BCUT2D eigenvalue weighted by Gasteiger charge is -2.38. The van der Waals surface area contributed by atoms with Crippen molar-refractivity contribution in [2.45, 2.75) is 19.0 Å². The van der Waals surface area contributed by atoms with Gasteiger partial charge in [0.2, 0.25) is 0 Å².